The van der Waals surface area contributed by atoms with Crippen LogP contribution in [0.2, 0.25) is 4.34 Å². The van der Waals surface area contributed by atoms with Gasteiger partial charge in [-0.2, -0.15) is 0 Å². The number of carbonyl (C=O) groups is 1. The van der Waals surface area contributed by atoms with Gasteiger partial charge in [-0.25, -0.2) is 13.4 Å². The zero-order chi connectivity index (χ0) is 23.8. The van der Waals surface area contributed by atoms with Crippen LogP contribution in [0.5, 0.6) is 0 Å². The highest BCUT2D eigenvalue weighted by Gasteiger charge is 2.21. The SMILES string of the molecule is O=C(Nc1ccc(-n2ccc3cc(NC4CC4)ccc3c2=O)c(F)c1)NS(=O)c1ccc(Cl)s1. The third-order valence-electron chi connectivity index (χ3n) is 5.23. The van der Waals surface area contributed by atoms with Crippen molar-refractivity contribution >= 4 is 62.1 Å². The fourth-order valence-corrected chi connectivity index (χ4v) is 5.58. The number of halogens is 2. The Bertz CT molecular complexity index is 1500. The maximum absolute atomic E-state index is 14.9. The summed E-state index contributed by atoms with van der Waals surface area (Å²) in [6.45, 7) is 0. The van der Waals surface area contributed by atoms with Gasteiger partial charge in [-0.1, -0.05) is 11.6 Å². The lowest BCUT2D eigenvalue weighted by Crippen LogP contribution is -2.30. The molecular formula is C23H18ClFN4O3S2. The average Bonchev–Trinajstić information content (AvgIpc) is 3.50. The second-order valence-corrected chi connectivity index (χ2v) is 10.9. The summed E-state index contributed by atoms with van der Waals surface area (Å²) >= 11 is 6.89. The van der Waals surface area contributed by atoms with Crippen LogP contribution >= 0.6 is 22.9 Å². The van der Waals surface area contributed by atoms with E-state index in [0.717, 1.165) is 41.3 Å². The molecule has 0 saturated heterocycles. The second-order valence-electron chi connectivity index (χ2n) is 7.76. The molecule has 5 rings (SSSR count). The standard InChI is InChI=1S/C23H18ClFN4O3S2/c24-20-7-8-21(33-20)34(32)28-23(31)27-16-4-6-19(18(25)12-16)29-10-9-13-11-15(26-14-1-2-14)3-5-17(13)22(29)30/h3-12,14,26H,1-2H2,(H2,27,28,31). The zero-order valence-corrected chi connectivity index (χ0v) is 19.9. The predicted octanol–water partition coefficient (Wildman–Crippen LogP) is 5.26. The molecule has 1 atom stereocenters. The van der Waals surface area contributed by atoms with Crippen molar-refractivity contribution in [2.75, 3.05) is 10.6 Å². The van der Waals surface area contributed by atoms with E-state index in [9.17, 15) is 18.2 Å². The smallest absolute Gasteiger partial charge is 0.331 e. The van der Waals surface area contributed by atoms with Crippen LogP contribution in [0, 0.1) is 5.82 Å². The van der Waals surface area contributed by atoms with Gasteiger partial charge >= 0.3 is 6.03 Å². The maximum Gasteiger partial charge on any atom is 0.331 e. The van der Waals surface area contributed by atoms with Gasteiger partial charge in [0.05, 0.1) is 10.0 Å². The fraction of sp³-hybridized carbons (Fsp3) is 0.130. The summed E-state index contributed by atoms with van der Waals surface area (Å²) in [5.74, 6) is -0.697. The molecule has 0 aliphatic heterocycles. The van der Waals surface area contributed by atoms with Crippen molar-refractivity contribution in [2.45, 2.75) is 23.1 Å². The molecule has 174 valence electrons. The molecular weight excluding hydrogens is 499 g/mol. The van der Waals surface area contributed by atoms with Crippen LogP contribution < -0.4 is 20.9 Å². The van der Waals surface area contributed by atoms with E-state index in [1.54, 1.807) is 24.3 Å². The summed E-state index contributed by atoms with van der Waals surface area (Å²) in [5.41, 5.74) is 0.799. The first-order chi connectivity index (χ1) is 16.4. The maximum atomic E-state index is 14.9. The topological polar surface area (TPSA) is 92.2 Å². The van der Waals surface area contributed by atoms with Crippen LogP contribution in [-0.4, -0.2) is 20.8 Å². The number of nitrogens with zero attached hydrogens (tertiary/aromatic N) is 1. The molecule has 4 aromatic rings. The van der Waals surface area contributed by atoms with Gasteiger partial charge in [-0.05, 0) is 72.8 Å². The molecule has 2 amide bonds. The Morgan fingerprint density at radius 2 is 1.88 bits per heavy atom. The molecule has 3 N–H and O–H groups in total. The summed E-state index contributed by atoms with van der Waals surface area (Å²) in [7, 11) is -1.80. The minimum Gasteiger partial charge on any atom is -0.382 e. The van der Waals surface area contributed by atoms with E-state index in [0.29, 0.717) is 20.0 Å². The van der Waals surface area contributed by atoms with Crippen molar-refractivity contribution in [3.05, 3.63) is 81.3 Å². The minimum absolute atomic E-state index is 0.0508. The van der Waals surface area contributed by atoms with Gasteiger partial charge in [0.25, 0.3) is 5.56 Å². The normalized spacial score (nSPS) is 14.1. The number of rotatable bonds is 6. The Morgan fingerprint density at radius 3 is 2.59 bits per heavy atom. The van der Waals surface area contributed by atoms with E-state index in [1.807, 2.05) is 12.1 Å². The van der Waals surface area contributed by atoms with Crippen LogP contribution in [-0.2, 0) is 11.0 Å². The van der Waals surface area contributed by atoms with Crippen molar-refractivity contribution in [1.29, 1.82) is 0 Å². The number of hydrogen-bond donors (Lipinski definition) is 3. The van der Waals surface area contributed by atoms with Crippen molar-refractivity contribution in [3.8, 4) is 5.69 Å². The zero-order valence-electron chi connectivity index (χ0n) is 17.5. The Morgan fingerprint density at radius 1 is 1.09 bits per heavy atom. The highest BCUT2D eigenvalue weighted by molar-refractivity contribution is 7.86. The number of thiophene rings is 1. The van der Waals surface area contributed by atoms with Gasteiger partial charge < -0.3 is 10.6 Å². The Hall–Kier alpha value is -3.21. The van der Waals surface area contributed by atoms with Crippen LogP contribution in [0.15, 0.2) is 69.8 Å². The number of carbonyl (C=O) groups excluding carboxylic acids is 1. The average molecular weight is 517 g/mol. The lowest BCUT2D eigenvalue weighted by atomic mass is 10.1. The van der Waals surface area contributed by atoms with Gasteiger partial charge in [-0.3, -0.25) is 14.1 Å². The molecule has 1 fully saturated rings. The summed E-state index contributed by atoms with van der Waals surface area (Å²) < 4.78 is 31.4. The number of fused-ring (bicyclic) bond motifs is 1. The quantitative estimate of drug-likeness (QED) is 0.326. The second kappa shape index (κ2) is 9.21. The van der Waals surface area contributed by atoms with Gasteiger partial charge in [0.15, 0.2) is 11.0 Å². The first-order valence-corrected chi connectivity index (χ1v) is 12.7. The molecule has 1 aliphatic carbocycles. The predicted molar refractivity (Wildman–Crippen MR) is 134 cm³/mol. The number of nitrogens with one attached hydrogen (secondary N) is 3. The largest absolute Gasteiger partial charge is 0.382 e. The summed E-state index contributed by atoms with van der Waals surface area (Å²) in [4.78, 5) is 25.1. The third-order valence-corrected chi connectivity index (χ3v) is 7.84. The highest BCUT2D eigenvalue weighted by Crippen LogP contribution is 2.27. The fourth-order valence-electron chi connectivity index (χ4n) is 3.46. The number of amides is 2. The molecule has 7 nitrogen and oxygen atoms in total. The Balaban J connectivity index is 1.33. The molecule has 11 heteroatoms. The first kappa shape index (κ1) is 22.6. The first-order valence-electron chi connectivity index (χ1n) is 10.3. The highest BCUT2D eigenvalue weighted by atomic mass is 35.5. The molecule has 0 radical (unpaired) electrons. The van der Waals surface area contributed by atoms with E-state index in [2.05, 4.69) is 15.4 Å². The van der Waals surface area contributed by atoms with Gasteiger partial charge in [0.1, 0.15) is 10.0 Å². The summed E-state index contributed by atoms with van der Waals surface area (Å²) in [5, 5.41) is 7.07. The number of hydrogen-bond acceptors (Lipinski definition) is 5. The van der Waals surface area contributed by atoms with Gasteiger partial charge in [0.2, 0.25) is 0 Å². The number of benzene rings is 2. The number of pyridine rings is 1. The monoisotopic (exact) mass is 516 g/mol. The molecule has 2 heterocycles. The van der Waals surface area contributed by atoms with E-state index in [-0.39, 0.29) is 16.9 Å². The molecule has 34 heavy (non-hydrogen) atoms. The van der Waals surface area contributed by atoms with Crippen molar-refractivity contribution in [2.24, 2.45) is 0 Å². The Kier molecular flexibility index (Phi) is 6.11. The van der Waals surface area contributed by atoms with Gasteiger partial charge in [0, 0.05) is 29.0 Å². The van der Waals surface area contributed by atoms with E-state index >= 15 is 0 Å². The number of urea groups is 1. The van der Waals surface area contributed by atoms with Crippen molar-refractivity contribution in [1.82, 2.24) is 9.29 Å². The van der Waals surface area contributed by atoms with Crippen LogP contribution in [0.25, 0.3) is 16.5 Å². The molecule has 1 aliphatic rings. The van der Waals surface area contributed by atoms with Crippen LogP contribution in [0.1, 0.15) is 12.8 Å². The molecule has 0 bridgehead atoms. The van der Waals surface area contributed by atoms with E-state index in [4.69, 9.17) is 11.6 Å². The molecule has 1 saturated carbocycles. The van der Waals surface area contributed by atoms with E-state index < -0.39 is 22.8 Å². The van der Waals surface area contributed by atoms with E-state index in [1.165, 1.54) is 22.9 Å². The molecule has 1 unspecified atom stereocenters. The third kappa shape index (κ3) is 4.84. The summed E-state index contributed by atoms with van der Waals surface area (Å²) in [6, 6.07) is 14.1. The Labute approximate surface area is 205 Å². The number of anilines is 2. The lowest BCUT2D eigenvalue weighted by molar-refractivity contribution is 0.257. The molecule has 2 aromatic heterocycles. The molecule has 0 spiro atoms. The molecule has 2 aromatic carbocycles. The van der Waals surface area contributed by atoms with Crippen molar-refractivity contribution < 1.29 is 13.4 Å². The van der Waals surface area contributed by atoms with Crippen LogP contribution in [0.3, 0.4) is 0 Å². The number of aromatic nitrogens is 1. The van der Waals surface area contributed by atoms with Gasteiger partial charge in [-0.15, -0.1) is 11.3 Å². The summed E-state index contributed by atoms with van der Waals surface area (Å²) in [6.07, 6.45) is 3.82. The van der Waals surface area contributed by atoms with Crippen LogP contribution in [0.4, 0.5) is 20.6 Å². The lowest BCUT2D eigenvalue weighted by Gasteiger charge is -2.12. The minimum atomic E-state index is -1.80. The van der Waals surface area contributed by atoms with Crippen molar-refractivity contribution in [3.63, 3.8) is 0 Å².